The smallest absolute Gasteiger partial charge is 0.506 e. The van der Waals surface area contributed by atoms with E-state index in [2.05, 4.69) is 6.92 Å². The Kier molecular flexibility index (Phi) is 4.82. The molecule has 4 nitrogen and oxygen atoms in total. The van der Waals surface area contributed by atoms with Crippen LogP contribution < -0.4 is 0 Å². The van der Waals surface area contributed by atoms with E-state index in [-0.39, 0.29) is 5.75 Å². The molecule has 0 spiro atoms. The molecule has 1 aromatic rings. The molecular weight excluding hydrogens is 268 g/mol. The highest BCUT2D eigenvalue weighted by Gasteiger charge is 2.21. The molecule has 0 heterocycles. The summed E-state index contributed by atoms with van der Waals surface area (Å²) in [5.41, 5.74) is 2.43. The van der Waals surface area contributed by atoms with Gasteiger partial charge >= 0.3 is 6.16 Å². The van der Waals surface area contributed by atoms with Crippen molar-refractivity contribution >= 4 is 12.2 Å². The number of phenolic OH excluding ortho intramolecular Hbond substituents is 1. The summed E-state index contributed by atoms with van der Waals surface area (Å²) in [6.45, 7) is 2.06. The maximum Gasteiger partial charge on any atom is 0.506 e. The Hall–Kier alpha value is -2.49. The highest BCUT2D eigenvalue weighted by atomic mass is 16.7. The first-order valence-electron chi connectivity index (χ1n) is 6.88. The zero-order valence-electron chi connectivity index (χ0n) is 11.8. The lowest BCUT2D eigenvalue weighted by Gasteiger charge is -2.22. The Balaban J connectivity index is 2.41. The third-order valence-corrected chi connectivity index (χ3v) is 3.26. The average Bonchev–Trinajstić information content (AvgIpc) is 2.44. The highest BCUT2D eigenvalue weighted by molar-refractivity contribution is 5.67. The highest BCUT2D eigenvalue weighted by Crippen LogP contribution is 2.30. The minimum Gasteiger partial charge on any atom is -0.507 e. The van der Waals surface area contributed by atoms with Gasteiger partial charge in [-0.3, -0.25) is 0 Å². The fraction of sp³-hybridized carbons (Fsp3) is 0.235. The Bertz CT molecular complexity index is 611. The van der Waals surface area contributed by atoms with E-state index in [1.807, 2.05) is 12.1 Å². The molecule has 2 N–H and O–H groups in total. The Morgan fingerprint density at radius 2 is 2.14 bits per heavy atom. The van der Waals surface area contributed by atoms with E-state index < -0.39 is 12.3 Å². The van der Waals surface area contributed by atoms with E-state index >= 15 is 0 Å². The number of hydrogen-bond donors (Lipinski definition) is 2. The number of ether oxygens (including phenoxy) is 1. The zero-order chi connectivity index (χ0) is 15.2. The van der Waals surface area contributed by atoms with Crippen LogP contribution in [0.2, 0.25) is 0 Å². The standard InChI is InChI=1S/C17H18O4/c1-2-6-12-8-5-10-16(21-17(19)20)14(12)11-13-7-3-4-9-15(13)18/h3-5,7-11,16,18H,2,6H2,1H3,(H,19,20). The Morgan fingerprint density at radius 3 is 2.81 bits per heavy atom. The number of allylic oxidation sites excluding steroid dienone is 2. The van der Waals surface area contributed by atoms with Gasteiger partial charge in [-0.25, -0.2) is 4.79 Å². The summed E-state index contributed by atoms with van der Waals surface area (Å²) < 4.78 is 4.93. The summed E-state index contributed by atoms with van der Waals surface area (Å²) in [6.07, 6.45) is 7.05. The second kappa shape index (κ2) is 6.79. The van der Waals surface area contributed by atoms with Crippen LogP contribution in [-0.4, -0.2) is 22.5 Å². The third-order valence-electron chi connectivity index (χ3n) is 3.26. The van der Waals surface area contributed by atoms with Crippen LogP contribution in [0, 0.1) is 0 Å². The minimum absolute atomic E-state index is 0.157. The van der Waals surface area contributed by atoms with E-state index in [0.717, 1.165) is 24.0 Å². The average molecular weight is 286 g/mol. The van der Waals surface area contributed by atoms with Crippen molar-refractivity contribution in [3.63, 3.8) is 0 Å². The molecule has 1 aromatic carbocycles. The quantitative estimate of drug-likeness (QED) is 0.816. The number of carboxylic acid groups (broad SMARTS) is 1. The molecule has 2 rings (SSSR count). The number of benzene rings is 1. The maximum absolute atomic E-state index is 10.8. The van der Waals surface area contributed by atoms with Gasteiger partial charge in [0.05, 0.1) is 0 Å². The summed E-state index contributed by atoms with van der Waals surface area (Å²) in [6, 6.07) is 6.94. The summed E-state index contributed by atoms with van der Waals surface area (Å²) in [5.74, 6) is 0.157. The van der Waals surface area contributed by atoms with E-state index in [4.69, 9.17) is 9.84 Å². The van der Waals surface area contributed by atoms with Crippen molar-refractivity contribution in [2.45, 2.75) is 25.9 Å². The predicted molar refractivity (Wildman–Crippen MR) is 81.1 cm³/mol. The van der Waals surface area contributed by atoms with E-state index in [0.29, 0.717) is 5.56 Å². The molecule has 1 aliphatic carbocycles. The lowest BCUT2D eigenvalue weighted by Crippen LogP contribution is -2.20. The number of hydrogen-bond acceptors (Lipinski definition) is 3. The molecule has 110 valence electrons. The molecule has 0 fully saturated rings. The molecule has 0 saturated carbocycles. The first kappa shape index (κ1) is 14.9. The van der Waals surface area contributed by atoms with Crippen LogP contribution in [0.4, 0.5) is 4.79 Å². The molecule has 0 saturated heterocycles. The molecule has 1 aliphatic rings. The fourth-order valence-electron chi connectivity index (χ4n) is 2.32. The number of aromatic hydroxyl groups is 1. The molecule has 0 bridgehead atoms. The van der Waals surface area contributed by atoms with E-state index in [1.165, 1.54) is 0 Å². The maximum atomic E-state index is 10.8. The molecule has 0 amide bonds. The van der Waals surface area contributed by atoms with Gasteiger partial charge in [-0.1, -0.05) is 43.7 Å². The van der Waals surface area contributed by atoms with E-state index in [9.17, 15) is 9.90 Å². The zero-order valence-corrected chi connectivity index (χ0v) is 11.8. The largest absolute Gasteiger partial charge is 0.507 e. The predicted octanol–water partition coefficient (Wildman–Crippen LogP) is 4.14. The van der Waals surface area contributed by atoms with Gasteiger partial charge in [0.1, 0.15) is 11.9 Å². The molecule has 21 heavy (non-hydrogen) atoms. The summed E-state index contributed by atoms with van der Waals surface area (Å²) >= 11 is 0. The Labute approximate surface area is 123 Å². The number of phenols is 1. The van der Waals surface area contributed by atoms with Gasteiger partial charge in [0.2, 0.25) is 0 Å². The first-order valence-corrected chi connectivity index (χ1v) is 6.88. The molecular formula is C17H18O4. The molecule has 1 unspecified atom stereocenters. The topological polar surface area (TPSA) is 66.8 Å². The summed E-state index contributed by atoms with van der Waals surface area (Å²) in [7, 11) is 0. The van der Waals surface area contributed by atoms with Crippen molar-refractivity contribution in [1.82, 2.24) is 0 Å². The van der Waals surface area contributed by atoms with Crippen LogP contribution in [0.3, 0.4) is 0 Å². The normalized spacial score (nSPS) is 19.4. The van der Waals surface area contributed by atoms with Crippen LogP contribution in [-0.2, 0) is 4.74 Å². The van der Waals surface area contributed by atoms with Crippen LogP contribution in [0.1, 0.15) is 25.3 Å². The lowest BCUT2D eigenvalue weighted by atomic mass is 9.90. The lowest BCUT2D eigenvalue weighted by molar-refractivity contribution is 0.0805. The monoisotopic (exact) mass is 286 g/mol. The number of carbonyl (C=O) groups is 1. The first-order chi connectivity index (χ1) is 10.1. The SMILES string of the molecule is CCCC1=CC=CC(OC(=O)O)C1=Cc1ccccc1O. The van der Waals surface area contributed by atoms with Crippen molar-refractivity contribution in [2.75, 3.05) is 0 Å². The van der Waals surface area contributed by atoms with Crippen molar-refractivity contribution in [3.05, 3.63) is 59.2 Å². The van der Waals surface area contributed by atoms with Crippen molar-refractivity contribution < 1.29 is 19.7 Å². The number of rotatable bonds is 4. The van der Waals surface area contributed by atoms with Crippen molar-refractivity contribution in [3.8, 4) is 5.75 Å². The van der Waals surface area contributed by atoms with Gasteiger partial charge in [-0.15, -0.1) is 0 Å². The van der Waals surface area contributed by atoms with Gasteiger partial charge < -0.3 is 14.9 Å². The molecule has 0 radical (unpaired) electrons. The van der Waals surface area contributed by atoms with Crippen LogP contribution in [0.25, 0.3) is 6.08 Å². The van der Waals surface area contributed by atoms with Crippen LogP contribution in [0.5, 0.6) is 5.75 Å². The fourth-order valence-corrected chi connectivity index (χ4v) is 2.32. The van der Waals surface area contributed by atoms with Gasteiger partial charge in [0.15, 0.2) is 0 Å². The Morgan fingerprint density at radius 1 is 1.38 bits per heavy atom. The van der Waals surface area contributed by atoms with Crippen molar-refractivity contribution in [1.29, 1.82) is 0 Å². The third kappa shape index (κ3) is 3.75. The van der Waals surface area contributed by atoms with Gasteiger partial charge in [-0.2, -0.15) is 0 Å². The van der Waals surface area contributed by atoms with Crippen LogP contribution >= 0.6 is 0 Å². The van der Waals surface area contributed by atoms with Gasteiger partial charge in [0.25, 0.3) is 0 Å². The van der Waals surface area contributed by atoms with Gasteiger partial charge in [-0.05, 0) is 30.2 Å². The minimum atomic E-state index is -1.31. The number of para-hydroxylation sites is 1. The second-order valence-electron chi connectivity index (χ2n) is 4.79. The molecule has 4 heteroatoms. The molecule has 1 atom stereocenters. The molecule has 0 aliphatic heterocycles. The van der Waals surface area contributed by atoms with E-state index in [1.54, 1.807) is 36.4 Å². The van der Waals surface area contributed by atoms with Crippen molar-refractivity contribution in [2.24, 2.45) is 0 Å². The van der Waals surface area contributed by atoms with Crippen LogP contribution in [0.15, 0.2) is 53.6 Å². The summed E-state index contributed by atoms with van der Waals surface area (Å²) in [5, 5.41) is 18.8. The van der Waals surface area contributed by atoms with Gasteiger partial charge in [0, 0.05) is 11.1 Å². The second-order valence-corrected chi connectivity index (χ2v) is 4.79. The summed E-state index contributed by atoms with van der Waals surface area (Å²) in [4.78, 5) is 10.8. The molecule has 0 aromatic heterocycles.